The van der Waals surface area contributed by atoms with Crippen LogP contribution in [0, 0.1) is 13.8 Å². The Morgan fingerprint density at radius 3 is 2.78 bits per heavy atom. The van der Waals surface area contributed by atoms with E-state index in [2.05, 4.69) is 41.9 Å². The molecule has 3 aromatic rings. The highest BCUT2D eigenvalue weighted by Gasteiger charge is 2.10. The molecule has 0 aliphatic carbocycles. The lowest BCUT2D eigenvalue weighted by molar-refractivity contribution is -0.118. The molecule has 27 heavy (non-hydrogen) atoms. The van der Waals surface area contributed by atoms with Crippen molar-refractivity contribution in [3.8, 4) is 5.75 Å². The molecule has 0 aliphatic heterocycles. The maximum absolute atomic E-state index is 11.0. The van der Waals surface area contributed by atoms with Crippen LogP contribution in [0.15, 0.2) is 42.5 Å². The standard InChI is InChI=1S/C22H27N3O2/c1-16-10-11-21(17(2)15-16)27-14-13-25-20-8-5-4-7-19(20)24-22(25)9-6-12-23-18(3)26/h4-5,7-8,10-11,15H,6,9,12-14H2,1-3H3,(H,23,26). The lowest BCUT2D eigenvalue weighted by atomic mass is 10.1. The lowest BCUT2D eigenvalue weighted by Crippen LogP contribution is -2.21. The van der Waals surface area contributed by atoms with Gasteiger partial charge in [-0.25, -0.2) is 4.98 Å². The van der Waals surface area contributed by atoms with E-state index in [0.717, 1.165) is 47.6 Å². The number of nitrogens with zero attached hydrogens (tertiary/aromatic N) is 2. The Labute approximate surface area is 160 Å². The minimum atomic E-state index is 0.00497. The molecule has 5 nitrogen and oxygen atoms in total. The number of ether oxygens (including phenoxy) is 1. The molecule has 0 atom stereocenters. The van der Waals surface area contributed by atoms with Crippen molar-refractivity contribution >= 4 is 16.9 Å². The maximum atomic E-state index is 11.0. The number of carbonyl (C=O) groups is 1. The number of carbonyl (C=O) groups excluding carboxylic acids is 1. The highest BCUT2D eigenvalue weighted by molar-refractivity contribution is 5.76. The van der Waals surface area contributed by atoms with Crippen LogP contribution in [-0.4, -0.2) is 28.6 Å². The van der Waals surface area contributed by atoms with Crippen LogP contribution in [0.25, 0.3) is 11.0 Å². The first kappa shape index (κ1) is 19.0. The van der Waals surface area contributed by atoms with Gasteiger partial charge in [-0.2, -0.15) is 0 Å². The largest absolute Gasteiger partial charge is 0.491 e. The van der Waals surface area contributed by atoms with Crippen molar-refractivity contribution in [2.45, 2.75) is 40.2 Å². The summed E-state index contributed by atoms with van der Waals surface area (Å²) in [5.74, 6) is 1.97. The Bertz CT molecular complexity index is 930. The molecule has 142 valence electrons. The van der Waals surface area contributed by atoms with Crippen LogP contribution in [0.1, 0.15) is 30.3 Å². The average Bonchev–Trinajstić information content (AvgIpc) is 2.98. The second-order valence-electron chi connectivity index (χ2n) is 6.87. The number of rotatable bonds is 8. The maximum Gasteiger partial charge on any atom is 0.216 e. The van der Waals surface area contributed by atoms with Gasteiger partial charge in [0.05, 0.1) is 17.6 Å². The van der Waals surface area contributed by atoms with Crippen molar-refractivity contribution in [3.63, 3.8) is 0 Å². The molecule has 0 radical (unpaired) electrons. The summed E-state index contributed by atoms with van der Waals surface area (Å²) in [5, 5.41) is 2.84. The summed E-state index contributed by atoms with van der Waals surface area (Å²) in [5.41, 5.74) is 4.51. The Kier molecular flexibility index (Phi) is 6.12. The second kappa shape index (κ2) is 8.71. The first-order valence-corrected chi connectivity index (χ1v) is 9.43. The zero-order valence-corrected chi connectivity index (χ0v) is 16.3. The monoisotopic (exact) mass is 365 g/mol. The van der Waals surface area contributed by atoms with E-state index in [4.69, 9.17) is 9.72 Å². The van der Waals surface area contributed by atoms with Gasteiger partial charge in [-0.05, 0) is 44.0 Å². The van der Waals surface area contributed by atoms with Gasteiger partial charge in [0.1, 0.15) is 18.2 Å². The van der Waals surface area contributed by atoms with Gasteiger partial charge in [0, 0.05) is 19.9 Å². The molecule has 0 fully saturated rings. The van der Waals surface area contributed by atoms with E-state index in [1.165, 1.54) is 5.56 Å². The molecule has 0 aliphatic rings. The smallest absolute Gasteiger partial charge is 0.216 e. The van der Waals surface area contributed by atoms with Gasteiger partial charge in [-0.3, -0.25) is 4.79 Å². The number of aromatic nitrogens is 2. The number of benzene rings is 2. The van der Waals surface area contributed by atoms with Gasteiger partial charge in [0.15, 0.2) is 0 Å². The summed E-state index contributed by atoms with van der Waals surface area (Å²) in [6, 6.07) is 14.4. The van der Waals surface area contributed by atoms with E-state index in [0.29, 0.717) is 13.2 Å². The van der Waals surface area contributed by atoms with E-state index >= 15 is 0 Å². The third-order valence-corrected chi connectivity index (χ3v) is 4.59. The van der Waals surface area contributed by atoms with E-state index < -0.39 is 0 Å². The van der Waals surface area contributed by atoms with Crippen LogP contribution in [0.4, 0.5) is 0 Å². The fourth-order valence-corrected chi connectivity index (χ4v) is 3.28. The molecule has 0 unspecified atom stereocenters. The van der Waals surface area contributed by atoms with Gasteiger partial charge in [-0.15, -0.1) is 0 Å². The molecular formula is C22H27N3O2. The third-order valence-electron chi connectivity index (χ3n) is 4.59. The summed E-state index contributed by atoms with van der Waals surface area (Å²) >= 11 is 0. The minimum Gasteiger partial charge on any atom is -0.491 e. The Balaban J connectivity index is 1.69. The molecule has 5 heteroatoms. The Morgan fingerprint density at radius 2 is 2.00 bits per heavy atom. The van der Waals surface area contributed by atoms with Crippen molar-refractivity contribution in [2.75, 3.05) is 13.2 Å². The number of hydrogen-bond acceptors (Lipinski definition) is 3. The van der Waals surface area contributed by atoms with Crippen molar-refractivity contribution in [1.82, 2.24) is 14.9 Å². The second-order valence-corrected chi connectivity index (χ2v) is 6.87. The van der Waals surface area contributed by atoms with E-state index in [1.54, 1.807) is 6.92 Å². The van der Waals surface area contributed by atoms with Crippen molar-refractivity contribution in [3.05, 3.63) is 59.4 Å². The van der Waals surface area contributed by atoms with Crippen LogP contribution in [0.5, 0.6) is 5.75 Å². The predicted octanol–water partition coefficient (Wildman–Crippen LogP) is 3.80. The molecule has 0 spiro atoms. The predicted molar refractivity (Wildman–Crippen MR) is 108 cm³/mol. The van der Waals surface area contributed by atoms with Crippen LogP contribution < -0.4 is 10.1 Å². The lowest BCUT2D eigenvalue weighted by Gasteiger charge is -2.13. The fourth-order valence-electron chi connectivity index (χ4n) is 3.28. The summed E-state index contributed by atoms with van der Waals surface area (Å²) in [6.45, 7) is 7.69. The molecule has 1 amide bonds. The topological polar surface area (TPSA) is 56.2 Å². The summed E-state index contributed by atoms with van der Waals surface area (Å²) in [7, 11) is 0. The number of para-hydroxylation sites is 2. The first-order valence-electron chi connectivity index (χ1n) is 9.43. The number of fused-ring (bicyclic) bond motifs is 1. The molecule has 3 rings (SSSR count). The van der Waals surface area contributed by atoms with Crippen LogP contribution in [0.3, 0.4) is 0 Å². The minimum absolute atomic E-state index is 0.00497. The summed E-state index contributed by atoms with van der Waals surface area (Å²) in [4.78, 5) is 15.8. The molecule has 0 saturated carbocycles. The molecule has 1 N–H and O–H groups in total. The van der Waals surface area contributed by atoms with Crippen LogP contribution >= 0.6 is 0 Å². The number of imidazole rings is 1. The molecule has 1 heterocycles. The zero-order chi connectivity index (χ0) is 19.2. The Hall–Kier alpha value is -2.82. The number of hydrogen-bond donors (Lipinski definition) is 1. The highest BCUT2D eigenvalue weighted by Crippen LogP contribution is 2.20. The number of aryl methyl sites for hydroxylation is 3. The van der Waals surface area contributed by atoms with Crippen molar-refractivity contribution < 1.29 is 9.53 Å². The van der Waals surface area contributed by atoms with Crippen LogP contribution in [0.2, 0.25) is 0 Å². The van der Waals surface area contributed by atoms with Crippen molar-refractivity contribution in [2.24, 2.45) is 0 Å². The SMILES string of the molecule is CC(=O)NCCCc1nc2ccccc2n1CCOc1ccc(C)cc1C. The molecule has 2 aromatic carbocycles. The highest BCUT2D eigenvalue weighted by atomic mass is 16.5. The molecular weight excluding hydrogens is 338 g/mol. The quantitative estimate of drug-likeness (QED) is 0.618. The Morgan fingerprint density at radius 1 is 1.19 bits per heavy atom. The van der Waals surface area contributed by atoms with Gasteiger partial charge in [-0.1, -0.05) is 29.8 Å². The number of nitrogens with one attached hydrogen (secondary N) is 1. The first-order chi connectivity index (χ1) is 13.0. The zero-order valence-electron chi connectivity index (χ0n) is 16.3. The van der Waals surface area contributed by atoms with E-state index in [9.17, 15) is 4.79 Å². The van der Waals surface area contributed by atoms with Gasteiger partial charge < -0.3 is 14.6 Å². The third kappa shape index (κ3) is 4.88. The summed E-state index contributed by atoms with van der Waals surface area (Å²) in [6.07, 6.45) is 1.68. The summed E-state index contributed by atoms with van der Waals surface area (Å²) < 4.78 is 8.25. The molecule has 0 saturated heterocycles. The van der Waals surface area contributed by atoms with Gasteiger partial charge in [0.25, 0.3) is 0 Å². The van der Waals surface area contributed by atoms with E-state index in [-0.39, 0.29) is 5.91 Å². The van der Waals surface area contributed by atoms with E-state index in [1.807, 2.05) is 24.3 Å². The average molecular weight is 365 g/mol. The van der Waals surface area contributed by atoms with Crippen LogP contribution in [-0.2, 0) is 17.8 Å². The fraction of sp³-hybridized carbons (Fsp3) is 0.364. The van der Waals surface area contributed by atoms with Crippen molar-refractivity contribution in [1.29, 1.82) is 0 Å². The van der Waals surface area contributed by atoms with Gasteiger partial charge in [0.2, 0.25) is 5.91 Å². The molecule has 1 aromatic heterocycles. The normalized spacial score (nSPS) is 10.9. The number of amides is 1. The molecule has 0 bridgehead atoms. The van der Waals surface area contributed by atoms with Gasteiger partial charge >= 0.3 is 0 Å².